The topological polar surface area (TPSA) is 62.0 Å². The summed E-state index contributed by atoms with van der Waals surface area (Å²) in [6.07, 6.45) is 5.21. The minimum Gasteiger partial charge on any atom is -0.376 e. The molecule has 90 valence electrons. The molecular weight excluding hydrogens is 216 g/mol. The van der Waals surface area contributed by atoms with Crippen molar-refractivity contribution < 1.29 is 4.74 Å². The number of nitrogens with zero attached hydrogens (tertiary/aromatic N) is 4. The Balaban J connectivity index is 2.03. The van der Waals surface area contributed by atoms with Gasteiger partial charge in [0.1, 0.15) is 6.07 Å². The monoisotopic (exact) mass is 232 g/mol. The van der Waals surface area contributed by atoms with Gasteiger partial charge in [0.2, 0.25) is 0 Å². The summed E-state index contributed by atoms with van der Waals surface area (Å²) in [7, 11) is 1.92. The Morgan fingerprint density at radius 1 is 1.59 bits per heavy atom. The molecule has 0 amide bonds. The lowest BCUT2D eigenvalue weighted by atomic mass is 10.1. The first-order valence-electron chi connectivity index (χ1n) is 5.86. The summed E-state index contributed by atoms with van der Waals surface area (Å²) in [5.74, 6) is 0.629. The summed E-state index contributed by atoms with van der Waals surface area (Å²) in [5, 5.41) is 16.8. The Kier molecular flexibility index (Phi) is 3.89. The van der Waals surface area contributed by atoms with E-state index in [4.69, 9.17) is 10.00 Å². The zero-order valence-electron chi connectivity index (χ0n) is 9.96. The molecule has 0 saturated carbocycles. The SMILES string of the molecule is CN(CC1CCCCO1)c1nnccc1C#N. The lowest BCUT2D eigenvalue weighted by Gasteiger charge is -2.28. The molecule has 2 heterocycles. The summed E-state index contributed by atoms with van der Waals surface area (Å²) in [4.78, 5) is 1.95. The third-order valence-electron chi connectivity index (χ3n) is 2.93. The second-order valence-electron chi connectivity index (χ2n) is 4.25. The number of nitriles is 1. The number of hydrogen-bond acceptors (Lipinski definition) is 5. The highest BCUT2D eigenvalue weighted by Crippen LogP contribution is 2.18. The Morgan fingerprint density at radius 2 is 2.47 bits per heavy atom. The van der Waals surface area contributed by atoms with Gasteiger partial charge in [-0.15, -0.1) is 5.10 Å². The van der Waals surface area contributed by atoms with Crippen LogP contribution in [0, 0.1) is 11.3 Å². The molecule has 0 bridgehead atoms. The van der Waals surface area contributed by atoms with Crippen molar-refractivity contribution in [2.75, 3.05) is 25.1 Å². The van der Waals surface area contributed by atoms with Gasteiger partial charge in [-0.3, -0.25) is 0 Å². The van der Waals surface area contributed by atoms with Crippen molar-refractivity contribution >= 4 is 5.82 Å². The summed E-state index contributed by atoms with van der Waals surface area (Å²) < 4.78 is 5.67. The normalized spacial score (nSPS) is 19.6. The standard InChI is InChI=1S/C12H16N4O/c1-16(9-11-4-2-3-7-17-11)12-10(8-13)5-6-14-15-12/h5-6,11H,2-4,7,9H2,1H3. The molecule has 0 aliphatic carbocycles. The van der Waals surface area contributed by atoms with Crippen molar-refractivity contribution in [3.63, 3.8) is 0 Å². The van der Waals surface area contributed by atoms with Crippen LogP contribution in [0.2, 0.25) is 0 Å². The van der Waals surface area contributed by atoms with E-state index >= 15 is 0 Å². The van der Waals surface area contributed by atoms with Crippen molar-refractivity contribution in [2.45, 2.75) is 25.4 Å². The highest BCUT2D eigenvalue weighted by atomic mass is 16.5. The van der Waals surface area contributed by atoms with Crippen LogP contribution in [0.5, 0.6) is 0 Å². The first kappa shape index (κ1) is 11.8. The van der Waals surface area contributed by atoms with Crippen LogP contribution in [0.1, 0.15) is 24.8 Å². The Labute approximate surface area is 101 Å². The van der Waals surface area contributed by atoms with E-state index in [1.807, 2.05) is 11.9 Å². The maximum atomic E-state index is 9.00. The van der Waals surface area contributed by atoms with Crippen LogP contribution >= 0.6 is 0 Å². The molecule has 0 aromatic carbocycles. The molecule has 17 heavy (non-hydrogen) atoms. The van der Waals surface area contributed by atoms with Crippen molar-refractivity contribution in [1.29, 1.82) is 5.26 Å². The van der Waals surface area contributed by atoms with Gasteiger partial charge in [0.05, 0.1) is 17.9 Å². The second kappa shape index (κ2) is 5.60. The first-order chi connectivity index (χ1) is 8.31. The number of likely N-dealkylation sites (N-methyl/N-ethyl adjacent to an activating group) is 1. The van der Waals surface area contributed by atoms with Gasteiger partial charge in [0.25, 0.3) is 0 Å². The van der Waals surface area contributed by atoms with Crippen LogP contribution in [0.4, 0.5) is 5.82 Å². The largest absolute Gasteiger partial charge is 0.376 e. The predicted octanol–water partition coefficient (Wildman–Crippen LogP) is 1.35. The van der Waals surface area contributed by atoms with Crippen LogP contribution in [0.15, 0.2) is 12.3 Å². The molecule has 1 aromatic heterocycles. The second-order valence-corrected chi connectivity index (χ2v) is 4.25. The molecule has 1 aliphatic heterocycles. The summed E-state index contributed by atoms with van der Waals surface area (Å²) >= 11 is 0. The highest BCUT2D eigenvalue weighted by molar-refractivity contribution is 5.51. The Morgan fingerprint density at radius 3 is 3.18 bits per heavy atom. The van der Waals surface area contributed by atoms with E-state index in [1.54, 1.807) is 6.07 Å². The minimum absolute atomic E-state index is 0.238. The van der Waals surface area contributed by atoms with Crippen LogP contribution in [0.25, 0.3) is 0 Å². The molecule has 0 radical (unpaired) electrons. The van der Waals surface area contributed by atoms with Crippen molar-refractivity contribution in [3.8, 4) is 6.07 Å². The Bertz CT molecular complexity index is 409. The molecule has 1 fully saturated rings. The molecule has 1 atom stereocenters. The van der Waals surface area contributed by atoms with E-state index in [1.165, 1.54) is 12.6 Å². The van der Waals surface area contributed by atoms with Crippen molar-refractivity contribution in [1.82, 2.24) is 10.2 Å². The predicted molar refractivity (Wildman–Crippen MR) is 63.6 cm³/mol. The number of ether oxygens (including phenoxy) is 1. The Hall–Kier alpha value is -1.67. The third-order valence-corrected chi connectivity index (χ3v) is 2.93. The number of hydrogen-bond donors (Lipinski definition) is 0. The van der Waals surface area contributed by atoms with E-state index in [9.17, 15) is 0 Å². The van der Waals surface area contributed by atoms with E-state index in [0.29, 0.717) is 11.4 Å². The molecule has 1 aliphatic rings. The quantitative estimate of drug-likeness (QED) is 0.787. The van der Waals surface area contributed by atoms with Gasteiger partial charge in [-0.1, -0.05) is 0 Å². The first-order valence-corrected chi connectivity index (χ1v) is 5.86. The zero-order valence-corrected chi connectivity index (χ0v) is 9.96. The molecule has 5 heteroatoms. The van der Waals surface area contributed by atoms with Gasteiger partial charge >= 0.3 is 0 Å². The fourth-order valence-electron chi connectivity index (χ4n) is 2.04. The molecule has 0 spiro atoms. The van der Waals surface area contributed by atoms with E-state index in [-0.39, 0.29) is 6.10 Å². The molecular formula is C12H16N4O. The van der Waals surface area contributed by atoms with Gasteiger partial charge in [0, 0.05) is 20.2 Å². The number of rotatable bonds is 3. The molecule has 1 unspecified atom stereocenters. The minimum atomic E-state index is 0.238. The number of anilines is 1. The average Bonchev–Trinajstić information content (AvgIpc) is 2.40. The summed E-state index contributed by atoms with van der Waals surface area (Å²) in [5.41, 5.74) is 0.554. The lowest BCUT2D eigenvalue weighted by molar-refractivity contribution is 0.0215. The summed E-state index contributed by atoms with van der Waals surface area (Å²) in [6.45, 7) is 1.59. The molecule has 1 aromatic rings. The van der Waals surface area contributed by atoms with Gasteiger partial charge in [-0.05, 0) is 25.3 Å². The number of aromatic nitrogens is 2. The van der Waals surface area contributed by atoms with Gasteiger partial charge < -0.3 is 9.64 Å². The highest BCUT2D eigenvalue weighted by Gasteiger charge is 2.18. The van der Waals surface area contributed by atoms with Crippen molar-refractivity contribution in [3.05, 3.63) is 17.8 Å². The van der Waals surface area contributed by atoms with Gasteiger partial charge in [0.15, 0.2) is 5.82 Å². The fraction of sp³-hybridized carbons (Fsp3) is 0.583. The van der Waals surface area contributed by atoms with E-state index in [0.717, 1.165) is 26.0 Å². The van der Waals surface area contributed by atoms with E-state index in [2.05, 4.69) is 16.3 Å². The molecule has 2 rings (SSSR count). The van der Waals surface area contributed by atoms with Crippen LogP contribution < -0.4 is 4.90 Å². The van der Waals surface area contributed by atoms with Crippen molar-refractivity contribution in [2.24, 2.45) is 0 Å². The average molecular weight is 232 g/mol. The maximum Gasteiger partial charge on any atom is 0.169 e. The van der Waals surface area contributed by atoms with Crippen LogP contribution in [0.3, 0.4) is 0 Å². The zero-order chi connectivity index (χ0) is 12.1. The van der Waals surface area contributed by atoms with Crippen LogP contribution in [-0.2, 0) is 4.74 Å². The van der Waals surface area contributed by atoms with Gasteiger partial charge in [-0.25, -0.2) is 0 Å². The summed E-state index contributed by atoms with van der Waals surface area (Å²) in [6, 6.07) is 3.81. The maximum absolute atomic E-state index is 9.00. The lowest BCUT2D eigenvalue weighted by Crippen LogP contribution is -2.34. The smallest absolute Gasteiger partial charge is 0.169 e. The fourth-order valence-corrected chi connectivity index (χ4v) is 2.04. The van der Waals surface area contributed by atoms with Gasteiger partial charge in [-0.2, -0.15) is 10.4 Å². The third kappa shape index (κ3) is 2.92. The van der Waals surface area contributed by atoms with E-state index < -0.39 is 0 Å². The molecule has 1 saturated heterocycles. The van der Waals surface area contributed by atoms with Crippen LogP contribution in [-0.4, -0.2) is 36.5 Å². The molecule has 5 nitrogen and oxygen atoms in total. The molecule has 0 N–H and O–H groups in total.